The SMILES string of the molecule is Cc1nn(C)c(C)c1[C@H]1CCCN1Cc1cccc(C(N)=O)c1. The van der Waals surface area contributed by atoms with E-state index in [9.17, 15) is 4.79 Å². The number of hydrogen-bond donors (Lipinski definition) is 1. The van der Waals surface area contributed by atoms with Crippen molar-refractivity contribution in [3.8, 4) is 0 Å². The maximum absolute atomic E-state index is 11.4. The number of amides is 1. The Hall–Kier alpha value is -2.14. The molecule has 1 aromatic heterocycles. The Kier molecular flexibility index (Phi) is 4.22. The zero-order valence-electron chi connectivity index (χ0n) is 14.0. The largest absolute Gasteiger partial charge is 0.366 e. The number of likely N-dealkylation sites (tertiary alicyclic amines) is 1. The van der Waals surface area contributed by atoms with Crippen molar-refractivity contribution in [2.45, 2.75) is 39.3 Å². The number of benzene rings is 1. The molecule has 122 valence electrons. The maximum Gasteiger partial charge on any atom is 0.248 e. The van der Waals surface area contributed by atoms with Gasteiger partial charge in [0.15, 0.2) is 0 Å². The van der Waals surface area contributed by atoms with Gasteiger partial charge in [-0.1, -0.05) is 12.1 Å². The summed E-state index contributed by atoms with van der Waals surface area (Å²) in [6, 6.07) is 8.04. The van der Waals surface area contributed by atoms with Gasteiger partial charge < -0.3 is 5.73 Å². The average molecular weight is 312 g/mol. The van der Waals surface area contributed by atoms with Crippen molar-refractivity contribution in [3.05, 3.63) is 52.3 Å². The molecule has 1 amide bonds. The van der Waals surface area contributed by atoms with Crippen molar-refractivity contribution in [3.63, 3.8) is 0 Å². The number of aromatic nitrogens is 2. The van der Waals surface area contributed by atoms with E-state index in [-0.39, 0.29) is 5.91 Å². The first-order valence-corrected chi connectivity index (χ1v) is 8.10. The lowest BCUT2D eigenvalue weighted by Gasteiger charge is -2.25. The fraction of sp³-hybridized carbons (Fsp3) is 0.444. The minimum absolute atomic E-state index is 0.372. The lowest BCUT2D eigenvalue weighted by molar-refractivity contribution is 0.1000. The number of rotatable bonds is 4. The summed E-state index contributed by atoms with van der Waals surface area (Å²) in [5.41, 5.74) is 10.8. The van der Waals surface area contributed by atoms with E-state index in [0.29, 0.717) is 11.6 Å². The zero-order valence-corrected chi connectivity index (χ0v) is 14.0. The Labute approximate surface area is 137 Å². The molecule has 0 saturated carbocycles. The number of nitrogens with two attached hydrogens (primary N) is 1. The Morgan fingerprint density at radius 3 is 2.83 bits per heavy atom. The minimum Gasteiger partial charge on any atom is -0.366 e. The summed E-state index contributed by atoms with van der Waals surface area (Å²) in [5, 5.41) is 4.56. The van der Waals surface area contributed by atoms with E-state index in [1.54, 1.807) is 6.07 Å². The molecule has 1 atom stereocenters. The molecule has 5 nitrogen and oxygen atoms in total. The van der Waals surface area contributed by atoms with Crippen LogP contribution in [0.2, 0.25) is 0 Å². The molecular formula is C18H24N4O. The Balaban J connectivity index is 1.85. The lowest BCUT2D eigenvalue weighted by Crippen LogP contribution is -2.24. The minimum atomic E-state index is -0.372. The molecule has 0 spiro atoms. The van der Waals surface area contributed by atoms with E-state index in [1.807, 2.05) is 23.9 Å². The molecule has 3 rings (SSSR count). The standard InChI is InChI=1S/C18H24N4O/c1-12-17(13(2)21(3)20-12)16-8-5-9-22(16)11-14-6-4-7-15(10-14)18(19)23/h4,6-7,10,16H,5,8-9,11H2,1-3H3,(H2,19,23)/t16-/m1/s1. The third-order valence-electron chi connectivity index (χ3n) is 4.86. The Bertz CT molecular complexity index is 735. The van der Waals surface area contributed by atoms with Gasteiger partial charge in [0.2, 0.25) is 5.91 Å². The summed E-state index contributed by atoms with van der Waals surface area (Å²) in [7, 11) is 2.00. The molecule has 5 heteroatoms. The molecular weight excluding hydrogens is 288 g/mol. The zero-order chi connectivity index (χ0) is 16.6. The molecule has 23 heavy (non-hydrogen) atoms. The van der Waals surface area contributed by atoms with Crippen molar-refractivity contribution in [2.75, 3.05) is 6.54 Å². The van der Waals surface area contributed by atoms with Crippen LogP contribution in [0.3, 0.4) is 0 Å². The summed E-state index contributed by atoms with van der Waals surface area (Å²) in [6.07, 6.45) is 2.34. The van der Waals surface area contributed by atoms with Crippen molar-refractivity contribution in [2.24, 2.45) is 12.8 Å². The Morgan fingerprint density at radius 1 is 1.39 bits per heavy atom. The third kappa shape index (κ3) is 3.01. The second kappa shape index (κ2) is 6.16. The van der Waals surface area contributed by atoms with Crippen LogP contribution in [0.4, 0.5) is 0 Å². The monoisotopic (exact) mass is 312 g/mol. The van der Waals surface area contributed by atoms with Crippen LogP contribution in [0.1, 0.15) is 51.8 Å². The van der Waals surface area contributed by atoms with Crippen LogP contribution in [0.5, 0.6) is 0 Å². The second-order valence-corrected chi connectivity index (χ2v) is 6.40. The molecule has 2 heterocycles. The fourth-order valence-corrected chi connectivity index (χ4v) is 3.67. The second-order valence-electron chi connectivity index (χ2n) is 6.40. The van der Waals surface area contributed by atoms with E-state index >= 15 is 0 Å². The highest BCUT2D eigenvalue weighted by Gasteiger charge is 2.30. The molecule has 2 aromatic rings. The normalized spacial score (nSPS) is 18.5. The van der Waals surface area contributed by atoms with Crippen LogP contribution in [0, 0.1) is 13.8 Å². The highest BCUT2D eigenvalue weighted by molar-refractivity contribution is 5.92. The molecule has 0 bridgehead atoms. The first-order chi connectivity index (χ1) is 11.0. The number of carbonyl (C=O) groups excluding carboxylic acids is 1. The number of carbonyl (C=O) groups is 1. The maximum atomic E-state index is 11.4. The highest BCUT2D eigenvalue weighted by Crippen LogP contribution is 2.36. The van der Waals surface area contributed by atoms with Crippen LogP contribution in [-0.2, 0) is 13.6 Å². The predicted molar refractivity (Wildman–Crippen MR) is 90.0 cm³/mol. The summed E-state index contributed by atoms with van der Waals surface area (Å²) < 4.78 is 1.97. The van der Waals surface area contributed by atoms with Crippen LogP contribution >= 0.6 is 0 Å². The number of hydrogen-bond acceptors (Lipinski definition) is 3. The number of primary amides is 1. The topological polar surface area (TPSA) is 64.2 Å². The summed E-state index contributed by atoms with van der Waals surface area (Å²) >= 11 is 0. The molecule has 1 aliphatic rings. The van der Waals surface area contributed by atoms with Crippen molar-refractivity contribution >= 4 is 5.91 Å². The van der Waals surface area contributed by atoms with Gasteiger partial charge in [0.05, 0.1) is 5.69 Å². The predicted octanol–water partition coefficient (Wildman–Crippen LogP) is 2.47. The van der Waals surface area contributed by atoms with Gasteiger partial charge >= 0.3 is 0 Å². The smallest absolute Gasteiger partial charge is 0.248 e. The van der Waals surface area contributed by atoms with E-state index in [4.69, 9.17) is 5.73 Å². The lowest BCUT2D eigenvalue weighted by atomic mass is 10.0. The third-order valence-corrected chi connectivity index (χ3v) is 4.86. The molecule has 2 N–H and O–H groups in total. The quantitative estimate of drug-likeness (QED) is 0.943. The van der Waals surface area contributed by atoms with Gasteiger partial charge in [-0.3, -0.25) is 14.4 Å². The molecule has 0 radical (unpaired) electrons. The molecule has 1 aromatic carbocycles. The van der Waals surface area contributed by atoms with Gasteiger partial charge in [0, 0.05) is 36.5 Å². The van der Waals surface area contributed by atoms with Gasteiger partial charge in [0.1, 0.15) is 0 Å². The van der Waals surface area contributed by atoms with Gasteiger partial charge in [-0.05, 0) is 50.9 Å². The number of nitrogens with zero attached hydrogens (tertiary/aromatic N) is 3. The van der Waals surface area contributed by atoms with Gasteiger partial charge in [-0.25, -0.2) is 0 Å². The van der Waals surface area contributed by atoms with Gasteiger partial charge in [-0.15, -0.1) is 0 Å². The fourth-order valence-electron chi connectivity index (χ4n) is 3.67. The number of aryl methyl sites for hydroxylation is 2. The van der Waals surface area contributed by atoms with Crippen molar-refractivity contribution < 1.29 is 4.79 Å². The summed E-state index contributed by atoms with van der Waals surface area (Å²) in [5.74, 6) is -0.372. The van der Waals surface area contributed by atoms with Crippen molar-refractivity contribution in [1.82, 2.24) is 14.7 Å². The summed E-state index contributed by atoms with van der Waals surface area (Å²) in [4.78, 5) is 13.8. The van der Waals surface area contributed by atoms with Gasteiger partial charge in [0.25, 0.3) is 0 Å². The summed E-state index contributed by atoms with van der Waals surface area (Å²) in [6.45, 7) is 6.13. The van der Waals surface area contributed by atoms with E-state index in [1.165, 1.54) is 17.7 Å². The average Bonchev–Trinajstić information content (AvgIpc) is 3.04. The van der Waals surface area contributed by atoms with Crippen LogP contribution in [-0.4, -0.2) is 27.1 Å². The molecule has 0 aliphatic carbocycles. The Morgan fingerprint density at radius 2 is 2.17 bits per heavy atom. The molecule has 1 fully saturated rings. The molecule has 1 saturated heterocycles. The van der Waals surface area contributed by atoms with E-state index in [0.717, 1.165) is 30.8 Å². The first-order valence-electron chi connectivity index (χ1n) is 8.10. The van der Waals surface area contributed by atoms with Crippen LogP contribution in [0.15, 0.2) is 24.3 Å². The van der Waals surface area contributed by atoms with Gasteiger partial charge in [-0.2, -0.15) is 5.10 Å². The highest BCUT2D eigenvalue weighted by atomic mass is 16.1. The van der Waals surface area contributed by atoms with Crippen LogP contribution in [0.25, 0.3) is 0 Å². The van der Waals surface area contributed by atoms with E-state index < -0.39 is 0 Å². The molecule has 0 unspecified atom stereocenters. The first kappa shape index (κ1) is 15.7. The van der Waals surface area contributed by atoms with Crippen LogP contribution < -0.4 is 5.73 Å². The van der Waals surface area contributed by atoms with E-state index in [2.05, 4.69) is 29.9 Å². The van der Waals surface area contributed by atoms with Crippen molar-refractivity contribution in [1.29, 1.82) is 0 Å². The molecule has 1 aliphatic heterocycles.